The van der Waals surface area contributed by atoms with E-state index in [-0.39, 0.29) is 54.4 Å². The smallest absolute Gasteiger partial charge is 1.00 e. The van der Waals surface area contributed by atoms with Crippen molar-refractivity contribution in [2.24, 2.45) is 49.6 Å². The summed E-state index contributed by atoms with van der Waals surface area (Å²) in [4.78, 5) is 53.2. The van der Waals surface area contributed by atoms with Crippen molar-refractivity contribution in [2.45, 2.75) is 86.0 Å². The second kappa shape index (κ2) is 25.9. The van der Waals surface area contributed by atoms with Gasteiger partial charge in [0, 0.05) is 142 Å². The van der Waals surface area contributed by atoms with Gasteiger partial charge >= 0.3 is 37.1 Å². The zero-order valence-electron chi connectivity index (χ0n) is 51.9. The Morgan fingerprint density at radius 1 is 0.568 bits per heavy atom. The van der Waals surface area contributed by atoms with Gasteiger partial charge in [0.05, 0.1) is 53.0 Å². The standard InChI is InChI=1S/C33H38N8O4.C28H30N8O2.C2H3N.BrH.Li/c1-32(2,3)44-30(42)40(31(43)45-33(4,5)6)19-27-25-17-39(18-26(25)27)28-9-8-20(12-35-28)24-10-21(23-14-36-38(7)15-23)16-41-29(24)22(11-34)13-37-41;1-28(2,3)38-27(37)31-12-22-23-15-35(16-24(22)23)25-6-5-17(9-30-25)21-7-18(20-11-32-34(4)13-20)14-36-26(21)19(8-29)10-33-36;1-2-3;;/h8-10,12-16,25-27H,17-19H2,1-7H3;5-7,9-11,13-14,22-24H,12,15-16H2,1-4H3,(H,31,37);1H3;1H;/q;;;;+1/p-1/t25-,26+,27?;22?,23-,24+;;;. The fourth-order valence-electron chi connectivity index (χ4n) is 11.6. The van der Waals surface area contributed by atoms with Gasteiger partial charge in [-0.25, -0.2) is 38.3 Å². The first kappa shape index (κ1) is 65.2. The zero-order chi connectivity index (χ0) is 61.6. The van der Waals surface area contributed by atoms with Gasteiger partial charge in [-0.2, -0.15) is 36.2 Å². The molecule has 2 aliphatic heterocycles. The van der Waals surface area contributed by atoms with Crippen LogP contribution >= 0.6 is 0 Å². The van der Waals surface area contributed by atoms with Crippen LogP contribution in [0.3, 0.4) is 0 Å². The number of nitriles is 3. The number of aryl methyl sites for hydroxylation is 2. The summed E-state index contributed by atoms with van der Waals surface area (Å²) in [7, 11) is 3.76. The number of ether oxygens (including phenoxy) is 3. The molecule has 6 atom stereocenters. The molecule has 452 valence electrons. The van der Waals surface area contributed by atoms with Crippen molar-refractivity contribution in [2.75, 3.05) is 49.1 Å². The summed E-state index contributed by atoms with van der Waals surface area (Å²) in [6, 6.07) is 18.5. The molecule has 0 aromatic carbocycles. The molecule has 0 spiro atoms. The molecule has 10 heterocycles. The van der Waals surface area contributed by atoms with E-state index in [4.69, 9.17) is 29.4 Å². The molecule has 88 heavy (non-hydrogen) atoms. The Morgan fingerprint density at radius 2 is 0.966 bits per heavy atom. The Labute approximate surface area is 534 Å². The number of carbonyl (C=O) groups excluding carboxylic acids is 3. The Bertz CT molecular complexity index is 3930. The number of pyridine rings is 4. The maximum absolute atomic E-state index is 13.0. The molecule has 8 aromatic heterocycles. The van der Waals surface area contributed by atoms with Crippen LogP contribution in [-0.4, -0.2) is 128 Å². The molecule has 1 N–H and O–H groups in total. The number of anilines is 2. The van der Waals surface area contributed by atoms with Crippen LogP contribution in [0.15, 0.2) is 98.4 Å². The fraction of sp³-hybridized carbons (Fsp3) is 0.429. The summed E-state index contributed by atoms with van der Waals surface area (Å²) in [5.74, 6) is 4.25. The molecule has 12 rings (SSSR count). The third-order valence-corrected chi connectivity index (χ3v) is 15.6. The predicted octanol–water partition coefficient (Wildman–Crippen LogP) is 3.94. The minimum atomic E-state index is -0.731. The Kier molecular flexibility index (Phi) is 19.2. The second-order valence-corrected chi connectivity index (χ2v) is 25.3. The minimum Gasteiger partial charge on any atom is -1.00 e. The van der Waals surface area contributed by atoms with Crippen molar-refractivity contribution in [1.29, 1.82) is 15.8 Å². The number of alkyl carbamates (subject to hydrolysis) is 1. The first-order valence-corrected chi connectivity index (χ1v) is 28.6. The third-order valence-electron chi connectivity index (χ3n) is 15.6. The maximum Gasteiger partial charge on any atom is 1.00 e. The number of nitrogens with one attached hydrogen (secondary N) is 1. The predicted molar refractivity (Wildman–Crippen MR) is 321 cm³/mol. The summed E-state index contributed by atoms with van der Waals surface area (Å²) >= 11 is 0. The normalized spacial score (nSPS) is 18.7. The van der Waals surface area contributed by atoms with Crippen LogP contribution in [0.25, 0.3) is 55.5 Å². The van der Waals surface area contributed by atoms with Gasteiger partial charge in [-0.05, 0) is 134 Å². The van der Waals surface area contributed by atoms with E-state index in [1.54, 1.807) is 84.6 Å². The summed E-state index contributed by atoms with van der Waals surface area (Å²) < 4.78 is 23.4. The summed E-state index contributed by atoms with van der Waals surface area (Å²) in [6.07, 6.45) is 16.5. The van der Waals surface area contributed by atoms with Crippen molar-refractivity contribution >= 4 is 40.9 Å². The molecule has 4 fully saturated rings. The number of imide groups is 1. The van der Waals surface area contributed by atoms with E-state index in [0.29, 0.717) is 47.3 Å². The minimum absolute atomic E-state index is 0. The van der Waals surface area contributed by atoms with Gasteiger partial charge < -0.3 is 46.3 Å². The maximum atomic E-state index is 13.0. The number of aromatic nitrogens is 10. The van der Waals surface area contributed by atoms with Gasteiger partial charge in [0.1, 0.15) is 40.6 Å². The second-order valence-electron chi connectivity index (χ2n) is 25.3. The molecule has 2 saturated heterocycles. The fourth-order valence-corrected chi connectivity index (χ4v) is 11.6. The van der Waals surface area contributed by atoms with Crippen LogP contribution in [0.2, 0.25) is 0 Å². The summed E-state index contributed by atoms with van der Waals surface area (Å²) in [6.45, 7) is 22.0. The van der Waals surface area contributed by atoms with E-state index in [1.807, 2.05) is 103 Å². The first-order chi connectivity index (χ1) is 40.8. The number of piperidine rings is 2. The molecule has 2 aliphatic carbocycles. The first-order valence-electron chi connectivity index (χ1n) is 28.6. The van der Waals surface area contributed by atoms with E-state index >= 15 is 0 Å². The van der Waals surface area contributed by atoms with Gasteiger partial charge in [-0.3, -0.25) is 9.36 Å². The van der Waals surface area contributed by atoms with Crippen molar-refractivity contribution in [3.8, 4) is 62.7 Å². The van der Waals surface area contributed by atoms with Crippen molar-refractivity contribution < 1.29 is 64.4 Å². The van der Waals surface area contributed by atoms with Crippen LogP contribution in [0.5, 0.6) is 0 Å². The Hall–Kier alpha value is -8.74. The molecule has 2 unspecified atom stereocenters. The molecule has 0 bridgehead atoms. The van der Waals surface area contributed by atoms with Gasteiger partial charge in [0.2, 0.25) is 0 Å². The van der Waals surface area contributed by atoms with E-state index < -0.39 is 29.0 Å². The van der Waals surface area contributed by atoms with Crippen LogP contribution in [0.4, 0.5) is 26.0 Å². The SMILES string of the molecule is CC#N.Cn1cc(-c2cc(-c3ccc(N4C[C@@H]5C(CN(C(=O)OC(C)(C)C)C(=O)OC(C)(C)C)[C@@H]5C4)nc3)c3c(C#N)cnn3c2)cn1.Cn1cc(-c2cc(-c3ccc(N4C[C@@H]5C(CNC(=O)OC(C)(C)C)[C@@H]5C4)nc3)c3c(C#N)cnn3c2)cn1.[Br-].[Li+]. The van der Waals surface area contributed by atoms with E-state index in [2.05, 4.69) is 59.8 Å². The number of hydrogen-bond donors (Lipinski definition) is 1. The van der Waals surface area contributed by atoms with Crippen LogP contribution in [0, 0.1) is 69.5 Å². The van der Waals surface area contributed by atoms with E-state index in [1.165, 1.54) is 6.92 Å². The quantitative estimate of drug-likeness (QED) is 0.150. The van der Waals surface area contributed by atoms with Gasteiger partial charge in [0.25, 0.3) is 0 Å². The zero-order valence-corrected chi connectivity index (χ0v) is 53.5. The number of halogens is 1. The summed E-state index contributed by atoms with van der Waals surface area (Å²) in [5.41, 5.74) is 7.92. The third kappa shape index (κ3) is 14.6. The van der Waals surface area contributed by atoms with E-state index in [9.17, 15) is 24.9 Å². The number of carbonyl (C=O) groups is 3. The Morgan fingerprint density at radius 3 is 1.31 bits per heavy atom. The number of nitrogens with zero attached hydrogens (tertiary/aromatic N) is 16. The molecule has 23 nitrogen and oxygen atoms in total. The van der Waals surface area contributed by atoms with Gasteiger partial charge in [-0.15, -0.1) is 0 Å². The molecule has 2 saturated carbocycles. The van der Waals surface area contributed by atoms with Crippen molar-refractivity contribution in [3.63, 3.8) is 0 Å². The molecule has 3 amide bonds. The molecular formula is C63H71BrLiN17O6. The van der Waals surface area contributed by atoms with Gasteiger partial charge in [0.15, 0.2) is 0 Å². The van der Waals surface area contributed by atoms with Crippen molar-refractivity contribution in [3.05, 3.63) is 109 Å². The van der Waals surface area contributed by atoms with Crippen LogP contribution in [-0.2, 0) is 28.3 Å². The van der Waals surface area contributed by atoms with Crippen LogP contribution in [0.1, 0.15) is 80.4 Å². The molecule has 25 heteroatoms. The molecule has 4 aliphatic rings. The average molecular weight is 1250 g/mol. The Balaban J connectivity index is 0.000000216. The number of rotatable bonds is 10. The molecule has 8 aromatic rings. The number of fused-ring (bicyclic) bond motifs is 4. The topological polar surface area (TPSA) is 268 Å². The van der Waals surface area contributed by atoms with Crippen LogP contribution < -0.4 is 51.0 Å². The van der Waals surface area contributed by atoms with Crippen molar-refractivity contribution in [1.82, 2.24) is 59.0 Å². The monoisotopic (exact) mass is 1250 g/mol. The average Bonchev–Trinajstić information content (AvgIpc) is 1.69. The largest absolute Gasteiger partial charge is 1.00 e. The van der Waals surface area contributed by atoms with Gasteiger partial charge in [-0.1, -0.05) is 0 Å². The summed E-state index contributed by atoms with van der Waals surface area (Å²) in [5, 5.41) is 47.1. The molecule has 0 radical (unpaired) electrons. The van der Waals surface area contributed by atoms with E-state index in [0.717, 1.165) is 98.3 Å². The number of amides is 3. The number of hydrogen-bond acceptors (Lipinski definition) is 17. The molecular weight excluding hydrogens is 1180 g/mol.